The molecule has 2 fully saturated rings. The SMILES string of the molecule is COc1ccc(CN2C(=O)[C@@H]3C(C(C)C)NC4(C(=O)Nc5c(Cl)cccc54)[C@@H]3C2=O)cc1. The third-order valence-electron chi connectivity index (χ3n) is 6.94. The third-order valence-corrected chi connectivity index (χ3v) is 7.26. The molecule has 0 radical (unpaired) electrons. The number of hydrogen-bond donors (Lipinski definition) is 2. The number of methoxy groups -OCH3 is 1. The summed E-state index contributed by atoms with van der Waals surface area (Å²) in [7, 11) is 1.58. The molecule has 1 spiro atoms. The normalized spacial score (nSPS) is 28.5. The van der Waals surface area contributed by atoms with Crippen LogP contribution in [0, 0.1) is 17.8 Å². The lowest BCUT2D eigenvalue weighted by Gasteiger charge is -2.30. The molecule has 7 nitrogen and oxygen atoms in total. The van der Waals surface area contributed by atoms with Crippen molar-refractivity contribution >= 4 is 35.0 Å². The molecule has 166 valence electrons. The maximum atomic E-state index is 13.7. The standard InChI is InChI=1S/C24H24ClN3O4/c1-12(2)19-17-18(24(27-19)15-5-4-6-16(25)20(15)26-23(24)31)22(30)28(21(17)29)11-13-7-9-14(32-3)10-8-13/h4-10,12,17-19,27H,11H2,1-3H3,(H,26,31)/t17-,18-,19?,24?/m0/s1. The summed E-state index contributed by atoms with van der Waals surface area (Å²) >= 11 is 6.35. The van der Waals surface area contributed by atoms with E-state index in [9.17, 15) is 14.4 Å². The highest BCUT2D eigenvalue weighted by Crippen LogP contribution is 2.55. The number of fused-ring (bicyclic) bond motifs is 4. The van der Waals surface area contributed by atoms with E-state index >= 15 is 0 Å². The quantitative estimate of drug-likeness (QED) is 0.695. The summed E-state index contributed by atoms with van der Waals surface area (Å²) in [6.45, 7) is 4.13. The number of benzene rings is 2. The molecule has 2 aromatic carbocycles. The molecule has 0 bridgehead atoms. The summed E-state index contributed by atoms with van der Waals surface area (Å²) in [4.78, 5) is 41.9. The first-order valence-corrected chi connectivity index (χ1v) is 11.0. The molecule has 2 unspecified atom stereocenters. The molecule has 0 aliphatic carbocycles. The number of halogens is 1. The molecular formula is C24H24ClN3O4. The number of rotatable bonds is 4. The predicted molar refractivity (Wildman–Crippen MR) is 119 cm³/mol. The van der Waals surface area contributed by atoms with E-state index in [1.807, 2.05) is 26.0 Å². The molecular weight excluding hydrogens is 430 g/mol. The number of anilines is 1. The van der Waals surface area contributed by atoms with Crippen LogP contribution in [0.15, 0.2) is 42.5 Å². The minimum absolute atomic E-state index is 0.0376. The Labute approximate surface area is 191 Å². The van der Waals surface area contributed by atoms with Crippen molar-refractivity contribution in [1.82, 2.24) is 10.2 Å². The second-order valence-corrected chi connectivity index (χ2v) is 9.36. The Balaban J connectivity index is 1.58. The first-order valence-electron chi connectivity index (χ1n) is 10.7. The molecule has 3 heterocycles. The Morgan fingerprint density at radius 3 is 2.47 bits per heavy atom. The van der Waals surface area contributed by atoms with Gasteiger partial charge in [0.15, 0.2) is 0 Å². The van der Waals surface area contributed by atoms with Gasteiger partial charge in [-0.2, -0.15) is 0 Å². The topological polar surface area (TPSA) is 87.7 Å². The fourth-order valence-electron chi connectivity index (χ4n) is 5.43. The van der Waals surface area contributed by atoms with E-state index in [1.165, 1.54) is 4.90 Å². The summed E-state index contributed by atoms with van der Waals surface area (Å²) in [5, 5.41) is 6.67. The summed E-state index contributed by atoms with van der Waals surface area (Å²) < 4.78 is 5.19. The Hall–Kier alpha value is -2.90. The van der Waals surface area contributed by atoms with Crippen LogP contribution in [-0.4, -0.2) is 35.8 Å². The van der Waals surface area contributed by atoms with Gasteiger partial charge in [0.05, 0.1) is 36.2 Å². The first kappa shape index (κ1) is 21.0. The largest absolute Gasteiger partial charge is 0.497 e. The lowest BCUT2D eigenvalue weighted by Crippen LogP contribution is -2.53. The number of nitrogens with zero attached hydrogens (tertiary/aromatic N) is 1. The van der Waals surface area contributed by atoms with Gasteiger partial charge in [0, 0.05) is 11.6 Å². The van der Waals surface area contributed by atoms with E-state index in [-0.39, 0.29) is 36.2 Å². The zero-order valence-electron chi connectivity index (χ0n) is 18.0. The van der Waals surface area contributed by atoms with Crippen LogP contribution in [-0.2, 0) is 26.5 Å². The van der Waals surface area contributed by atoms with E-state index in [2.05, 4.69) is 10.6 Å². The van der Waals surface area contributed by atoms with E-state index < -0.39 is 17.4 Å². The average Bonchev–Trinajstić information content (AvgIpc) is 3.36. The first-order chi connectivity index (χ1) is 15.3. The number of amides is 3. The van der Waals surface area contributed by atoms with E-state index in [0.29, 0.717) is 22.0 Å². The number of ether oxygens (including phenoxy) is 1. The number of carbonyl (C=O) groups excluding carboxylic acids is 3. The van der Waals surface area contributed by atoms with Crippen LogP contribution in [0.2, 0.25) is 5.02 Å². The van der Waals surface area contributed by atoms with Crippen LogP contribution in [0.3, 0.4) is 0 Å². The Morgan fingerprint density at radius 1 is 1.09 bits per heavy atom. The smallest absolute Gasteiger partial charge is 0.250 e. The molecule has 3 aliphatic heterocycles. The second-order valence-electron chi connectivity index (χ2n) is 8.95. The zero-order chi connectivity index (χ0) is 22.8. The van der Waals surface area contributed by atoms with Gasteiger partial charge in [-0.15, -0.1) is 0 Å². The number of imide groups is 1. The molecule has 5 rings (SSSR count). The highest BCUT2D eigenvalue weighted by atomic mass is 35.5. The number of likely N-dealkylation sites (tertiary alicyclic amines) is 1. The highest BCUT2D eigenvalue weighted by Gasteiger charge is 2.70. The highest BCUT2D eigenvalue weighted by molar-refractivity contribution is 6.35. The number of nitrogens with one attached hydrogen (secondary N) is 2. The van der Waals surface area contributed by atoms with Gasteiger partial charge in [0.1, 0.15) is 11.3 Å². The van der Waals surface area contributed by atoms with Crippen LogP contribution >= 0.6 is 11.6 Å². The number of para-hydroxylation sites is 1. The van der Waals surface area contributed by atoms with Crippen LogP contribution in [0.25, 0.3) is 0 Å². The van der Waals surface area contributed by atoms with Gasteiger partial charge in [-0.25, -0.2) is 0 Å². The predicted octanol–water partition coefficient (Wildman–Crippen LogP) is 2.93. The third kappa shape index (κ3) is 2.74. The van der Waals surface area contributed by atoms with Crippen LogP contribution < -0.4 is 15.4 Å². The van der Waals surface area contributed by atoms with Crippen LogP contribution in [0.1, 0.15) is 25.0 Å². The number of carbonyl (C=O) groups is 3. The molecule has 4 atom stereocenters. The van der Waals surface area contributed by atoms with Crippen LogP contribution in [0.5, 0.6) is 5.75 Å². The maximum absolute atomic E-state index is 13.7. The average molecular weight is 454 g/mol. The lowest BCUT2D eigenvalue weighted by molar-refractivity contribution is -0.143. The molecule has 2 saturated heterocycles. The van der Waals surface area contributed by atoms with Gasteiger partial charge in [-0.05, 0) is 29.7 Å². The van der Waals surface area contributed by atoms with Gasteiger partial charge in [-0.3, -0.25) is 24.6 Å². The zero-order valence-corrected chi connectivity index (χ0v) is 18.8. The molecule has 8 heteroatoms. The molecule has 3 amide bonds. The summed E-state index contributed by atoms with van der Waals surface area (Å²) in [5.74, 6) is -1.65. The van der Waals surface area contributed by atoms with Crippen molar-refractivity contribution < 1.29 is 19.1 Å². The Bertz CT molecular complexity index is 1130. The van der Waals surface area contributed by atoms with Crippen LogP contribution in [0.4, 0.5) is 5.69 Å². The van der Waals surface area contributed by atoms with Crippen molar-refractivity contribution in [2.45, 2.75) is 32.0 Å². The molecule has 2 aromatic rings. The second kappa shape index (κ2) is 7.32. The van der Waals surface area contributed by atoms with E-state index in [4.69, 9.17) is 16.3 Å². The molecule has 0 aromatic heterocycles. The van der Waals surface area contributed by atoms with Gasteiger partial charge in [0.25, 0.3) is 0 Å². The van der Waals surface area contributed by atoms with Gasteiger partial charge < -0.3 is 10.1 Å². The summed E-state index contributed by atoms with van der Waals surface area (Å²) in [6.07, 6.45) is 0. The maximum Gasteiger partial charge on any atom is 0.250 e. The van der Waals surface area contributed by atoms with Gasteiger partial charge in [-0.1, -0.05) is 49.7 Å². The molecule has 2 N–H and O–H groups in total. The minimum atomic E-state index is -1.32. The Morgan fingerprint density at radius 2 is 1.81 bits per heavy atom. The summed E-state index contributed by atoms with van der Waals surface area (Å²) in [6, 6.07) is 12.2. The van der Waals surface area contributed by atoms with Crippen molar-refractivity contribution in [1.29, 1.82) is 0 Å². The molecule has 3 aliphatic rings. The monoisotopic (exact) mass is 453 g/mol. The van der Waals surface area contributed by atoms with Gasteiger partial charge >= 0.3 is 0 Å². The minimum Gasteiger partial charge on any atom is -0.497 e. The number of hydrogen-bond acceptors (Lipinski definition) is 5. The van der Waals surface area contributed by atoms with Gasteiger partial charge in [0.2, 0.25) is 17.7 Å². The Kier molecular flexibility index (Phi) is 4.80. The fraction of sp³-hybridized carbons (Fsp3) is 0.375. The van der Waals surface area contributed by atoms with Crippen molar-refractivity contribution in [3.8, 4) is 5.75 Å². The van der Waals surface area contributed by atoms with Crippen molar-refractivity contribution in [3.05, 3.63) is 58.6 Å². The molecule has 0 saturated carbocycles. The fourth-order valence-corrected chi connectivity index (χ4v) is 5.65. The van der Waals surface area contributed by atoms with Crippen molar-refractivity contribution in [3.63, 3.8) is 0 Å². The van der Waals surface area contributed by atoms with Crippen molar-refractivity contribution in [2.75, 3.05) is 12.4 Å². The molecule has 32 heavy (non-hydrogen) atoms. The van der Waals surface area contributed by atoms with E-state index in [1.54, 1.807) is 37.4 Å². The van der Waals surface area contributed by atoms with E-state index in [0.717, 1.165) is 5.56 Å². The lowest BCUT2D eigenvalue weighted by atomic mass is 9.76. The summed E-state index contributed by atoms with van der Waals surface area (Å²) in [5.41, 5.74) is 0.625. The van der Waals surface area contributed by atoms with Crippen molar-refractivity contribution in [2.24, 2.45) is 17.8 Å².